The highest BCUT2D eigenvalue weighted by Crippen LogP contribution is 1.97. The Balaban J connectivity index is 4.09. The first kappa shape index (κ1) is 12.1. The molecule has 0 aliphatic carbocycles. The molecular formula is C9H18N2O2. The lowest BCUT2D eigenvalue weighted by molar-refractivity contribution is -0.119. The summed E-state index contributed by atoms with van der Waals surface area (Å²) in [6, 6.07) is 0. The molecule has 0 heterocycles. The molecule has 1 amide bonds. The number of carbonyl (C=O) groups excluding carboxylic acids is 1. The summed E-state index contributed by atoms with van der Waals surface area (Å²) in [5.41, 5.74) is 0.477. The summed E-state index contributed by atoms with van der Waals surface area (Å²) >= 11 is 0. The van der Waals surface area contributed by atoms with Crippen molar-refractivity contribution in [1.29, 1.82) is 0 Å². The van der Waals surface area contributed by atoms with Crippen molar-refractivity contribution in [2.45, 2.75) is 19.5 Å². The van der Waals surface area contributed by atoms with Gasteiger partial charge < -0.3 is 10.4 Å². The zero-order valence-corrected chi connectivity index (χ0v) is 8.50. The molecule has 0 rings (SSSR count). The number of aliphatic hydroxyl groups excluding tert-OH is 1. The normalized spacial score (nSPS) is 12.7. The Hall–Kier alpha value is -0.870. The maximum atomic E-state index is 11.2. The first-order valence-corrected chi connectivity index (χ1v) is 4.22. The predicted octanol–water partition coefficient (Wildman–Crippen LogP) is -0.0512. The summed E-state index contributed by atoms with van der Waals surface area (Å²) in [6.07, 6.45) is 0.389. The highest BCUT2D eigenvalue weighted by atomic mass is 16.3. The molecule has 0 spiro atoms. The smallest absolute Gasteiger partial charge is 0.247 e. The number of aliphatic hydroxyl groups is 1. The Kier molecular flexibility index (Phi) is 5.34. The Morgan fingerprint density at radius 1 is 1.62 bits per heavy atom. The van der Waals surface area contributed by atoms with Crippen LogP contribution in [0.25, 0.3) is 0 Å². The molecule has 0 radical (unpaired) electrons. The van der Waals surface area contributed by atoms with E-state index in [9.17, 15) is 4.79 Å². The minimum atomic E-state index is -0.174. The predicted molar refractivity (Wildman–Crippen MR) is 52.1 cm³/mol. The molecule has 4 heteroatoms. The van der Waals surface area contributed by atoms with Crippen molar-refractivity contribution in [2.24, 2.45) is 0 Å². The number of carbonyl (C=O) groups is 1. The standard InChI is InChI=1S/C9H18N2O2/c1-7(2)9(13)10-8(5-6-12)11(3)4/h8,12H,1,5-6H2,2-4H3,(H,10,13). The lowest BCUT2D eigenvalue weighted by atomic mass is 10.3. The van der Waals surface area contributed by atoms with Gasteiger partial charge in [-0.25, -0.2) is 0 Å². The SMILES string of the molecule is C=C(C)C(=O)NC(CCO)N(C)C. The van der Waals surface area contributed by atoms with Gasteiger partial charge in [0.1, 0.15) is 0 Å². The number of amides is 1. The highest BCUT2D eigenvalue weighted by Gasteiger charge is 2.13. The molecule has 0 fully saturated rings. The van der Waals surface area contributed by atoms with E-state index in [4.69, 9.17) is 5.11 Å². The maximum absolute atomic E-state index is 11.2. The molecule has 76 valence electrons. The molecule has 0 saturated heterocycles. The van der Waals surface area contributed by atoms with Crippen molar-refractivity contribution in [1.82, 2.24) is 10.2 Å². The topological polar surface area (TPSA) is 52.6 Å². The summed E-state index contributed by atoms with van der Waals surface area (Å²) in [7, 11) is 3.69. The number of hydrogen-bond acceptors (Lipinski definition) is 3. The highest BCUT2D eigenvalue weighted by molar-refractivity contribution is 5.92. The molecule has 0 aliphatic rings. The van der Waals surface area contributed by atoms with Gasteiger partial charge in [0.05, 0.1) is 6.17 Å². The van der Waals surface area contributed by atoms with E-state index in [0.717, 1.165) is 0 Å². The van der Waals surface area contributed by atoms with E-state index in [1.165, 1.54) is 0 Å². The van der Waals surface area contributed by atoms with Crippen LogP contribution in [0.3, 0.4) is 0 Å². The van der Waals surface area contributed by atoms with Gasteiger partial charge >= 0.3 is 0 Å². The lowest BCUT2D eigenvalue weighted by Crippen LogP contribution is -2.45. The minimum Gasteiger partial charge on any atom is -0.396 e. The third-order valence-electron chi connectivity index (χ3n) is 1.71. The number of nitrogens with zero attached hydrogens (tertiary/aromatic N) is 1. The molecule has 4 nitrogen and oxygen atoms in total. The minimum absolute atomic E-state index is 0.0549. The van der Waals surface area contributed by atoms with Gasteiger partial charge in [-0.3, -0.25) is 9.69 Å². The van der Waals surface area contributed by atoms with E-state index in [-0.39, 0.29) is 18.7 Å². The van der Waals surface area contributed by atoms with Crippen LogP contribution in [0.5, 0.6) is 0 Å². The van der Waals surface area contributed by atoms with E-state index in [2.05, 4.69) is 11.9 Å². The van der Waals surface area contributed by atoms with Crippen molar-refractivity contribution in [2.75, 3.05) is 20.7 Å². The van der Waals surface area contributed by atoms with Gasteiger partial charge in [0, 0.05) is 18.6 Å². The first-order valence-electron chi connectivity index (χ1n) is 4.22. The molecule has 1 atom stereocenters. The van der Waals surface area contributed by atoms with Gasteiger partial charge in [-0.05, 0) is 21.0 Å². The maximum Gasteiger partial charge on any atom is 0.247 e. The Morgan fingerprint density at radius 2 is 2.15 bits per heavy atom. The second kappa shape index (κ2) is 5.72. The fourth-order valence-electron chi connectivity index (χ4n) is 0.856. The van der Waals surface area contributed by atoms with Gasteiger partial charge in [-0.2, -0.15) is 0 Å². The van der Waals surface area contributed by atoms with Gasteiger partial charge in [0.15, 0.2) is 0 Å². The summed E-state index contributed by atoms with van der Waals surface area (Å²) in [4.78, 5) is 13.1. The second-order valence-corrected chi connectivity index (χ2v) is 3.25. The van der Waals surface area contributed by atoms with Crippen LogP contribution in [0, 0.1) is 0 Å². The van der Waals surface area contributed by atoms with Gasteiger partial charge in [0.2, 0.25) is 5.91 Å². The van der Waals surface area contributed by atoms with Crippen LogP contribution in [0.15, 0.2) is 12.2 Å². The molecule has 0 aliphatic heterocycles. The van der Waals surface area contributed by atoms with Crippen molar-refractivity contribution in [3.05, 3.63) is 12.2 Å². The average molecular weight is 186 g/mol. The van der Waals surface area contributed by atoms with Crippen LogP contribution in [0.4, 0.5) is 0 Å². The van der Waals surface area contributed by atoms with Crippen molar-refractivity contribution in [3.8, 4) is 0 Å². The van der Waals surface area contributed by atoms with Crippen LogP contribution in [-0.4, -0.2) is 42.8 Å². The molecule has 0 aromatic heterocycles. The fourth-order valence-corrected chi connectivity index (χ4v) is 0.856. The van der Waals surface area contributed by atoms with E-state index >= 15 is 0 Å². The van der Waals surface area contributed by atoms with Gasteiger partial charge in [-0.15, -0.1) is 0 Å². The monoisotopic (exact) mass is 186 g/mol. The molecule has 0 aromatic rings. The number of hydrogen-bond donors (Lipinski definition) is 2. The van der Waals surface area contributed by atoms with Crippen LogP contribution in [0.2, 0.25) is 0 Å². The van der Waals surface area contributed by atoms with E-state index in [1.807, 2.05) is 19.0 Å². The van der Waals surface area contributed by atoms with Crippen molar-refractivity contribution < 1.29 is 9.90 Å². The number of nitrogens with one attached hydrogen (secondary N) is 1. The quantitative estimate of drug-likeness (QED) is 0.467. The first-order chi connectivity index (χ1) is 5.99. The molecule has 1 unspecified atom stereocenters. The van der Waals surface area contributed by atoms with Crippen LogP contribution in [-0.2, 0) is 4.79 Å². The van der Waals surface area contributed by atoms with Gasteiger partial charge in [-0.1, -0.05) is 6.58 Å². The van der Waals surface area contributed by atoms with E-state index in [0.29, 0.717) is 12.0 Å². The van der Waals surface area contributed by atoms with Crippen LogP contribution in [0.1, 0.15) is 13.3 Å². The summed E-state index contributed by atoms with van der Waals surface area (Å²) in [6.45, 7) is 5.24. The zero-order valence-electron chi connectivity index (χ0n) is 8.50. The summed E-state index contributed by atoms with van der Waals surface area (Å²) in [5.74, 6) is -0.174. The molecule has 0 bridgehead atoms. The molecule has 0 saturated carbocycles. The fraction of sp³-hybridized carbons (Fsp3) is 0.667. The summed E-state index contributed by atoms with van der Waals surface area (Å²) < 4.78 is 0. The van der Waals surface area contributed by atoms with Crippen molar-refractivity contribution in [3.63, 3.8) is 0 Å². The second-order valence-electron chi connectivity index (χ2n) is 3.25. The zero-order chi connectivity index (χ0) is 10.4. The third-order valence-corrected chi connectivity index (χ3v) is 1.71. The largest absolute Gasteiger partial charge is 0.396 e. The average Bonchev–Trinajstić information content (AvgIpc) is 2.03. The van der Waals surface area contributed by atoms with Gasteiger partial charge in [0.25, 0.3) is 0 Å². The third kappa shape index (κ3) is 4.65. The molecular weight excluding hydrogens is 168 g/mol. The molecule has 0 aromatic carbocycles. The van der Waals surface area contributed by atoms with E-state index < -0.39 is 0 Å². The molecule has 2 N–H and O–H groups in total. The molecule has 13 heavy (non-hydrogen) atoms. The van der Waals surface area contributed by atoms with Crippen molar-refractivity contribution >= 4 is 5.91 Å². The Bertz CT molecular complexity index is 190. The lowest BCUT2D eigenvalue weighted by Gasteiger charge is -2.24. The Labute approximate surface area is 79.2 Å². The Morgan fingerprint density at radius 3 is 2.46 bits per heavy atom. The summed E-state index contributed by atoms with van der Waals surface area (Å²) in [5, 5.41) is 11.5. The van der Waals surface area contributed by atoms with Crippen LogP contribution < -0.4 is 5.32 Å². The number of rotatable bonds is 5. The van der Waals surface area contributed by atoms with E-state index in [1.54, 1.807) is 6.92 Å². The van der Waals surface area contributed by atoms with Crippen LogP contribution >= 0.6 is 0 Å².